The first-order valence-corrected chi connectivity index (χ1v) is 10.8. The van der Waals surface area contributed by atoms with E-state index in [1.807, 2.05) is 12.1 Å². The number of benzene rings is 6. The van der Waals surface area contributed by atoms with Crippen molar-refractivity contribution in [3.05, 3.63) is 115 Å². The molecule has 0 atom stereocenters. The lowest BCUT2D eigenvalue weighted by Gasteiger charge is -2.14. The maximum absolute atomic E-state index is 5.82. The van der Waals surface area contributed by atoms with Crippen LogP contribution >= 0.6 is 0 Å². The van der Waals surface area contributed by atoms with Crippen LogP contribution in [0.4, 0.5) is 17.1 Å². The number of anilines is 3. The van der Waals surface area contributed by atoms with Crippen molar-refractivity contribution in [1.29, 1.82) is 0 Å². The van der Waals surface area contributed by atoms with Crippen LogP contribution in [-0.2, 0) is 0 Å². The first-order chi connectivity index (χ1) is 15.7. The van der Waals surface area contributed by atoms with Crippen LogP contribution in [0, 0.1) is 0 Å². The predicted molar refractivity (Wildman–Crippen MR) is 139 cm³/mol. The van der Waals surface area contributed by atoms with Gasteiger partial charge in [0, 0.05) is 22.4 Å². The molecule has 0 aliphatic heterocycles. The van der Waals surface area contributed by atoms with Gasteiger partial charge in [-0.15, -0.1) is 0 Å². The molecular formula is C30H22N2. The Hall–Kier alpha value is -4.30. The van der Waals surface area contributed by atoms with Crippen LogP contribution in [0.1, 0.15) is 0 Å². The van der Waals surface area contributed by atoms with E-state index < -0.39 is 0 Å². The first-order valence-electron chi connectivity index (χ1n) is 10.8. The first kappa shape index (κ1) is 18.5. The van der Waals surface area contributed by atoms with E-state index in [-0.39, 0.29) is 0 Å². The van der Waals surface area contributed by atoms with Gasteiger partial charge in [-0.05, 0) is 80.5 Å². The average molecular weight is 411 g/mol. The molecule has 0 aromatic heterocycles. The standard InChI is InChI=1S/C30H22N2/c31-26-14-10-20(11-15-26)21-12-16-27(17-13-21)32-29-7-3-6-22-8-9-25-18-23-4-1-2-5-24(23)19-28(25)30(22)29/h1-19,32H,31H2. The third-order valence-electron chi connectivity index (χ3n) is 6.13. The monoisotopic (exact) mass is 410 g/mol. The van der Waals surface area contributed by atoms with Crippen LogP contribution in [0.3, 0.4) is 0 Å². The summed E-state index contributed by atoms with van der Waals surface area (Å²) >= 11 is 0. The van der Waals surface area contributed by atoms with Crippen molar-refractivity contribution in [2.45, 2.75) is 0 Å². The zero-order chi connectivity index (χ0) is 21.5. The maximum Gasteiger partial charge on any atom is 0.0470 e. The summed E-state index contributed by atoms with van der Waals surface area (Å²) in [6, 6.07) is 40.5. The van der Waals surface area contributed by atoms with E-state index in [9.17, 15) is 0 Å². The summed E-state index contributed by atoms with van der Waals surface area (Å²) in [4.78, 5) is 0. The van der Waals surface area contributed by atoms with Gasteiger partial charge in [0.2, 0.25) is 0 Å². The fraction of sp³-hybridized carbons (Fsp3) is 0. The summed E-state index contributed by atoms with van der Waals surface area (Å²) in [5.41, 5.74) is 11.1. The highest BCUT2D eigenvalue weighted by molar-refractivity contribution is 6.17. The number of nitrogens with one attached hydrogen (secondary N) is 1. The Morgan fingerprint density at radius 3 is 1.88 bits per heavy atom. The number of hydrogen-bond donors (Lipinski definition) is 2. The van der Waals surface area contributed by atoms with Gasteiger partial charge in [0.1, 0.15) is 0 Å². The molecule has 2 heteroatoms. The summed E-state index contributed by atoms with van der Waals surface area (Å²) < 4.78 is 0. The second kappa shape index (κ2) is 7.44. The van der Waals surface area contributed by atoms with Crippen molar-refractivity contribution in [3.8, 4) is 11.1 Å². The lowest BCUT2D eigenvalue weighted by atomic mass is 9.97. The molecule has 3 N–H and O–H groups in total. The SMILES string of the molecule is Nc1ccc(-c2ccc(Nc3cccc4ccc5cc6ccccc6cc5c34)cc2)cc1. The van der Waals surface area contributed by atoms with Gasteiger partial charge in [-0.25, -0.2) is 0 Å². The van der Waals surface area contributed by atoms with Crippen LogP contribution in [0.5, 0.6) is 0 Å². The van der Waals surface area contributed by atoms with Gasteiger partial charge in [0.25, 0.3) is 0 Å². The zero-order valence-corrected chi connectivity index (χ0v) is 17.5. The van der Waals surface area contributed by atoms with Crippen molar-refractivity contribution < 1.29 is 0 Å². The highest BCUT2D eigenvalue weighted by atomic mass is 14.9. The molecule has 0 bridgehead atoms. The minimum Gasteiger partial charge on any atom is -0.399 e. The molecule has 0 saturated carbocycles. The van der Waals surface area contributed by atoms with E-state index in [1.54, 1.807) is 0 Å². The molecule has 6 aromatic rings. The van der Waals surface area contributed by atoms with Gasteiger partial charge in [0.05, 0.1) is 0 Å². The van der Waals surface area contributed by atoms with Crippen molar-refractivity contribution >= 4 is 49.4 Å². The fourth-order valence-electron chi connectivity index (χ4n) is 4.48. The third kappa shape index (κ3) is 3.23. The summed E-state index contributed by atoms with van der Waals surface area (Å²) in [5, 5.41) is 11.2. The van der Waals surface area contributed by atoms with E-state index in [2.05, 4.69) is 108 Å². The van der Waals surface area contributed by atoms with Gasteiger partial charge >= 0.3 is 0 Å². The lowest BCUT2D eigenvalue weighted by molar-refractivity contribution is 1.56. The molecule has 0 aliphatic rings. The number of nitrogen functional groups attached to an aromatic ring is 1. The van der Waals surface area contributed by atoms with Crippen molar-refractivity contribution in [2.24, 2.45) is 0 Å². The van der Waals surface area contributed by atoms with Gasteiger partial charge in [-0.2, -0.15) is 0 Å². The molecular weight excluding hydrogens is 388 g/mol. The van der Waals surface area contributed by atoms with Crippen molar-refractivity contribution in [3.63, 3.8) is 0 Å². The Labute approximate surface area is 186 Å². The van der Waals surface area contributed by atoms with E-state index in [0.29, 0.717) is 0 Å². The minimum absolute atomic E-state index is 0.781. The van der Waals surface area contributed by atoms with Crippen LogP contribution in [0.15, 0.2) is 115 Å². The number of fused-ring (bicyclic) bond motifs is 4. The molecule has 152 valence electrons. The molecule has 0 saturated heterocycles. The molecule has 32 heavy (non-hydrogen) atoms. The fourth-order valence-corrected chi connectivity index (χ4v) is 4.48. The van der Waals surface area contributed by atoms with E-state index in [0.717, 1.165) is 22.6 Å². The molecule has 0 radical (unpaired) electrons. The third-order valence-corrected chi connectivity index (χ3v) is 6.13. The molecule has 0 amide bonds. The molecule has 0 heterocycles. The number of rotatable bonds is 3. The summed E-state index contributed by atoms with van der Waals surface area (Å²) in [5.74, 6) is 0. The normalized spacial score (nSPS) is 11.2. The summed E-state index contributed by atoms with van der Waals surface area (Å²) in [6.07, 6.45) is 0. The smallest absolute Gasteiger partial charge is 0.0470 e. The van der Waals surface area contributed by atoms with Gasteiger partial charge in [-0.3, -0.25) is 0 Å². The average Bonchev–Trinajstić information content (AvgIpc) is 2.84. The van der Waals surface area contributed by atoms with Crippen LogP contribution in [0.2, 0.25) is 0 Å². The van der Waals surface area contributed by atoms with Gasteiger partial charge in [0.15, 0.2) is 0 Å². The highest BCUT2D eigenvalue weighted by Gasteiger charge is 2.08. The molecule has 0 fully saturated rings. The lowest BCUT2D eigenvalue weighted by Crippen LogP contribution is -1.92. The number of hydrogen-bond acceptors (Lipinski definition) is 2. The quantitative estimate of drug-likeness (QED) is 0.175. The van der Waals surface area contributed by atoms with E-state index in [1.165, 1.54) is 37.9 Å². The van der Waals surface area contributed by atoms with E-state index in [4.69, 9.17) is 5.73 Å². The molecule has 2 nitrogen and oxygen atoms in total. The van der Waals surface area contributed by atoms with Crippen LogP contribution in [-0.4, -0.2) is 0 Å². The Morgan fingerprint density at radius 1 is 0.500 bits per heavy atom. The Balaban J connectivity index is 1.44. The second-order valence-corrected chi connectivity index (χ2v) is 8.21. The minimum atomic E-state index is 0.781. The predicted octanol–water partition coefficient (Wildman–Crippen LogP) is 8.14. The molecule has 0 unspecified atom stereocenters. The summed E-state index contributed by atoms with van der Waals surface area (Å²) in [7, 11) is 0. The van der Waals surface area contributed by atoms with Crippen molar-refractivity contribution in [2.75, 3.05) is 11.1 Å². The Kier molecular flexibility index (Phi) is 4.29. The second-order valence-electron chi connectivity index (χ2n) is 8.21. The van der Waals surface area contributed by atoms with Crippen molar-refractivity contribution in [1.82, 2.24) is 0 Å². The molecule has 0 aliphatic carbocycles. The topological polar surface area (TPSA) is 38.0 Å². The highest BCUT2D eigenvalue weighted by Crippen LogP contribution is 2.35. The molecule has 6 rings (SSSR count). The number of nitrogens with two attached hydrogens (primary N) is 1. The van der Waals surface area contributed by atoms with Crippen LogP contribution < -0.4 is 11.1 Å². The van der Waals surface area contributed by atoms with E-state index >= 15 is 0 Å². The molecule has 0 spiro atoms. The van der Waals surface area contributed by atoms with Gasteiger partial charge in [-0.1, -0.05) is 72.8 Å². The summed E-state index contributed by atoms with van der Waals surface area (Å²) in [6.45, 7) is 0. The van der Waals surface area contributed by atoms with Crippen LogP contribution in [0.25, 0.3) is 43.4 Å². The molecule has 6 aromatic carbocycles. The largest absolute Gasteiger partial charge is 0.399 e. The Bertz CT molecular complexity index is 1580. The zero-order valence-electron chi connectivity index (χ0n) is 17.5. The van der Waals surface area contributed by atoms with Gasteiger partial charge < -0.3 is 11.1 Å². The Morgan fingerprint density at radius 2 is 1.12 bits per heavy atom. The maximum atomic E-state index is 5.82.